The lowest BCUT2D eigenvalue weighted by atomic mass is 10.0. The van der Waals surface area contributed by atoms with Gasteiger partial charge in [0.15, 0.2) is 0 Å². The van der Waals surface area contributed by atoms with Gasteiger partial charge in [-0.05, 0) is 55.8 Å². The summed E-state index contributed by atoms with van der Waals surface area (Å²) in [6.45, 7) is 3.42. The molecule has 1 aliphatic rings. The van der Waals surface area contributed by atoms with Crippen molar-refractivity contribution in [1.29, 1.82) is 0 Å². The van der Waals surface area contributed by atoms with Crippen LogP contribution >= 0.6 is 0 Å². The van der Waals surface area contributed by atoms with Crippen molar-refractivity contribution in [2.24, 2.45) is 0 Å². The second-order valence-electron chi connectivity index (χ2n) is 7.43. The lowest BCUT2D eigenvalue weighted by Crippen LogP contribution is -2.45. The summed E-state index contributed by atoms with van der Waals surface area (Å²) in [6.07, 6.45) is -3.40. The molecule has 164 valence electrons. The highest BCUT2D eigenvalue weighted by Crippen LogP contribution is 2.24. The molecule has 5 nitrogen and oxygen atoms in total. The van der Waals surface area contributed by atoms with Crippen LogP contribution in [0.4, 0.5) is 13.2 Å². The highest BCUT2D eigenvalue weighted by atomic mass is 19.4. The number of likely N-dealkylation sites (tertiary alicyclic amines) is 1. The van der Waals surface area contributed by atoms with Gasteiger partial charge >= 0.3 is 6.36 Å². The van der Waals surface area contributed by atoms with Gasteiger partial charge in [0.25, 0.3) is 0 Å². The van der Waals surface area contributed by atoms with Crippen LogP contribution in [-0.2, 0) is 6.54 Å². The smallest absolute Gasteiger partial charge is 0.491 e. The number of hydrogen-bond acceptors (Lipinski definition) is 5. The molecule has 0 saturated carbocycles. The number of hydrogen-bond donors (Lipinski definition) is 2. The SMILES string of the molecule is O[C@H](CNC1CCN(Cc2ccccc2)CC1)COc1ccc(OC(F)(F)F)cc1. The molecule has 0 spiro atoms. The van der Waals surface area contributed by atoms with E-state index in [9.17, 15) is 18.3 Å². The Hall–Kier alpha value is -2.29. The maximum Gasteiger partial charge on any atom is 0.573 e. The molecule has 0 unspecified atom stereocenters. The highest BCUT2D eigenvalue weighted by Gasteiger charge is 2.31. The molecule has 2 N–H and O–H groups in total. The van der Waals surface area contributed by atoms with Crippen molar-refractivity contribution in [3.8, 4) is 11.5 Å². The van der Waals surface area contributed by atoms with Crippen molar-refractivity contribution in [3.05, 3.63) is 60.2 Å². The van der Waals surface area contributed by atoms with Gasteiger partial charge in [0.1, 0.15) is 24.2 Å². The largest absolute Gasteiger partial charge is 0.573 e. The number of piperidine rings is 1. The summed E-state index contributed by atoms with van der Waals surface area (Å²) in [5, 5.41) is 13.5. The number of halogens is 3. The predicted octanol–water partition coefficient (Wildman–Crippen LogP) is 3.58. The third kappa shape index (κ3) is 7.85. The first-order valence-electron chi connectivity index (χ1n) is 10.0. The third-order valence-corrected chi connectivity index (χ3v) is 4.98. The lowest BCUT2D eigenvalue weighted by Gasteiger charge is -2.33. The molecule has 1 atom stereocenters. The van der Waals surface area contributed by atoms with Crippen LogP contribution in [0.5, 0.6) is 11.5 Å². The minimum absolute atomic E-state index is 0.0549. The van der Waals surface area contributed by atoms with Gasteiger partial charge in [-0.3, -0.25) is 4.90 Å². The Labute approximate surface area is 174 Å². The van der Waals surface area contributed by atoms with Gasteiger partial charge in [-0.15, -0.1) is 13.2 Å². The second kappa shape index (κ2) is 10.7. The third-order valence-electron chi connectivity index (χ3n) is 4.98. The van der Waals surface area contributed by atoms with Crippen LogP contribution in [0.3, 0.4) is 0 Å². The van der Waals surface area contributed by atoms with E-state index in [2.05, 4.69) is 39.2 Å². The van der Waals surface area contributed by atoms with Crippen molar-refractivity contribution in [2.75, 3.05) is 26.2 Å². The summed E-state index contributed by atoms with van der Waals surface area (Å²) < 4.78 is 45.7. The van der Waals surface area contributed by atoms with E-state index in [4.69, 9.17) is 4.74 Å². The molecule has 30 heavy (non-hydrogen) atoms. The zero-order valence-corrected chi connectivity index (χ0v) is 16.6. The maximum atomic E-state index is 12.2. The van der Waals surface area contributed by atoms with Crippen LogP contribution in [0.15, 0.2) is 54.6 Å². The van der Waals surface area contributed by atoms with Crippen molar-refractivity contribution in [1.82, 2.24) is 10.2 Å². The number of ether oxygens (including phenoxy) is 2. The molecule has 2 aromatic rings. The van der Waals surface area contributed by atoms with E-state index in [1.54, 1.807) is 0 Å². The molecule has 0 aliphatic carbocycles. The van der Waals surface area contributed by atoms with Crippen molar-refractivity contribution in [2.45, 2.75) is 37.9 Å². The molecule has 0 bridgehead atoms. The minimum atomic E-state index is -4.72. The molecule has 3 rings (SSSR count). The number of rotatable bonds is 9. The Morgan fingerprint density at radius 1 is 1.00 bits per heavy atom. The summed E-state index contributed by atoms with van der Waals surface area (Å²) in [5.41, 5.74) is 1.31. The Kier molecular flexibility index (Phi) is 7.95. The number of nitrogens with one attached hydrogen (secondary N) is 1. The number of nitrogens with zero attached hydrogens (tertiary/aromatic N) is 1. The Morgan fingerprint density at radius 2 is 1.63 bits per heavy atom. The molecule has 0 amide bonds. The van der Waals surface area contributed by atoms with Gasteiger partial charge < -0.3 is 19.9 Å². The first kappa shape index (κ1) is 22.4. The summed E-state index contributed by atoms with van der Waals surface area (Å²) in [7, 11) is 0. The average molecular weight is 424 g/mol. The van der Waals surface area contributed by atoms with Crippen LogP contribution in [0.1, 0.15) is 18.4 Å². The summed E-state index contributed by atoms with van der Waals surface area (Å²) in [6, 6.07) is 15.9. The quantitative estimate of drug-likeness (QED) is 0.645. The van der Waals surface area contributed by atoms with Gasteiger partial charge in [0, 0.05) is 19.1 Å². The van der Waals surface area contributed by atoms with E-state index in [1.165, 1.54) is 29.8 Å². The Balaban J connectivity index is 1.31. The van der Waals surface area contributed by atoms with Crippen LogP contribution in [0, 0.1) is 0 Å². The molecule has 0 aromatic heterocycles. The van der Waals surface area contributed by atoms with Crippen LogP contribution < -0.4 is 14.8 Å². The van der Waals surface area contributed by atoms with Gasteiger partial charge in [-0.1, -0.05) is 30.3 Å². The van der Waals surface area contributed by atoms with Crippen molar-refractivity contribution < 1.29 is 27.8 Å². The Bertz CT molecular complexity index is 748. The number of aliphatic hydroxyl groups is 1. The fourth-order valence-corrected chi connectivity index (χ4v) is 3.43. The minimum Gasteiger partial charge on any atom is -0.491 e. The van der Waals surface area contributed by atoms with E-state index in [-0.39, 0.29) is 12.4 Å². The lowest BCUT2D eigenvalue weighted by molar-refractivity contribution is -0.274. The standard InChI is InChI=1S/C22H27F3N2O3/c23-22(24,25)30-21-8-6-20(7-9-21)29-16-19(28)14-26-18-10-12-27(13-11-18)15-17-4-2-1-3-5-17/h1-9,18-19,26,28H,10-16H2/t19-/m1/s1. The molecule has 2 aromatic carbocycles. The van der Waals surface area contributed by atoms with Crippen LogP contribution in [0.25, 0.3) is 0 Å². The highest BCUT2D eigenvalue weighted by molar-refractivity contribution is 5.31. The molecule has 0 radical (unpaired) electrons. The maximum absolute atomic E-state index is 12.2. The molecule has 8 heteroatoms. The monoisotopic (exact) mass is 424 g/mol. The molecular weight excluding hydrogens is 397 g/mol. The number of aliphatic hydroxyl groups excluding tert-OH is 1. The molecular formula is C22H27F3N2O3. The van der Waals surface area contributed by atoms with Gasteiger partial charge in [0.05, 0.1) is 0 Å². The van der Waals surface area contributed by atoms with Crippen molar-refractivity contribution in [3.63, 3.8) is 0 Å². The fraction of sp³-hybridized carbons (Fsp3) is 0.455. The summed E-state index contributed by atoms with van der Waals surface area (Å²) in [5.74, 6) is 0.0634. The zero-order valence-electron chi connectivity index (χ0n) is 16.6. The van der Waals surface area contributed by atoms with Gasteiger partial charge in [-0.2, -0.15) is 0 Å². The second-order valence-corrected chi connectivity index (χ2v) is 7.43. The van der Waals surface area contributed by atoms with Gasteiger partial charge in [0.2, 0.25) is 0 Å². The number of benzene rings is 2. The van der Waals surface area contributed by atoms with E-state index in [0.29, 0.717) is 18.3 Å². The van der Waals surface area contributed by atoms with E-state index < -0.39 is 12.5 Å². The molecule has 1 aliphatic heterocycles. The normalized spacial score (nSPS) is 16.9. The van der Waals surface area contributed by atoms with E-state index in [0.717, 1.165) is 32.5 Å². The predicted molar refractivity (Wildman–Crippen MR) is 107 cm³/mol. The van der Waals surface area contributed by atoms with Gasteiger partial charge in [-0.25, -0.2) is 0 Å². The molecule has 1 saturated heterocycles. The van der Waals surface area contributed by atoms with Crippen LogP contribution in [0.2, 0.25) is 0 Å². The Morgan fingerprint density at radius 3 is 2.27 bits per heavy atom. The number of alkyl halides is 3. The first-order valence-corrected chi connectivity index (χ1v) is 10.0. The molecule has 1 heterocycles. The average Bonchev–Trinajstić information content (AvgIpc) is 2.72. The van der Waals surface area contributed by atoms with E-state index >= 15 is 0 Å². The molecule has 1 fully saturated rings. The summed E-state index contributed by atoms with van der Waals surface area (Å²) in [4.78, 5) is 2.43. The zero-order chi connectivity index (χ0) is 21.4. The first-order chi connectivity index (χ1) is 14.4. The van der Waals surface area contributed by atoms with E-state index in [1.807, 2.05) is 6.07 Å². The summed E-state index contributed by atoms with van der Waals surface area (Å²) >= 11 is 0. The topological polar surface area (TPSA) is 54.0 Å². The van der Waals surface area contributed by atoms with Crippen molar-refractivity contribution >= 4 is 0 Å². The fourth-order valence-electron chi connectivity index (χ4n) is 3.43. The van der Waals surface area contributed by atoms with Crippen LogP contribution in [-0.4, -0.2) is 54.8 Å².